The maximum atomic E-state index is 11.6. The van der Waals surface area contributed by atoms with Crippen LogP contribution >= 0.6 is 23.2 Å². The Morgan fingerprint density at radius 1 is 1.44 bits per heavy atom. The predicted molar refractivity (Wildman–Crippen MR) is 68.2 cm³/mol. The molecule has 0 saturated carbocycles. The van der Waals surface area contributed by atoms with Crippen LogP contribution in [-0.4, -0.2) is 18.9 Å². The zero-order valence-corrected chi connectivity index (χ0v) is 10.3. The van der Waals surface area contributed by atoms with Gasteiger partial charge in [0, 0.05) is 23.0 Å². The van der Waals surface area contributed by atoms with Crippen molar-refractivity contribution in [1.29, 1.82) is 0 Å². The van der Waals surface area contributed by atoms with Gasteiger partial charge in [0.05, 0.1) is 6.54 Å². The molecule has 1 N–H and O–H groups in total. The Bertz CT molecular complexity index is 391. The molecule has 4 heteroatoms. The Labute approximate surface area is 105 Å². The van der Waals surface area contributed by atoms with E-state index in [-0.39, 0.29) is 5.78 Å². The largest absolute Gasteiger partial charge is 0.307 e. The third-order valence-electron chi connectivity index (χ3n) is 2.01. The highest BCUT2D eigenvalue weighted by Gasteiger charge is 2.07. The van der Waals surface area contributed by atoms with Crippen LogP contribution in [0.15, 0.2) is 30.9 Å². The van der Waals surface area contributed by atoms with Crippen molar-refractivity contribution in [2.45, 2.75) is 6.42 Å². The lowest BCUT2D eigenvalue weighted by atomic mass is 10.1. The number of benzene rings is 1. The van der Waals surface area contributed by atoms with Gasteiger partial charge in [0.2, 0.25) is 0 Å². The minimum atomic E-state index is 0.0750. The topological polar surface area (TPSA) is 29.1 Å². The van der Waals surface area contributed by atoms with Crippen LogP contribution in [0, 0.1) is 0 Å². The average Bonchev–Trinajstić information content (AvgIpc) is 2.24. The molecule has 0 atom stereocenters. The molecule has 0 aliphatic heterocycles. The average molecular weight is 258 g/mol. The van der Waals surface area contributed by atoms with Gasteiger partial charge in [-0.2, -0.15) is 0 Å². The minimum Gasteiger partial charge on any atom is -0.307 e. The lowest BCUT2D eigenvalue weighted by molar-refractivity contribution is -0.117. The second kappa shape index (κ2) is 6.69. The molecule has 1 rings (SSSR count). The van der Waals surface area contributed by atoms with E-state index >= 15 is 0 Å². The Hall–Kier alpha value is -0.830. The molecule has 0 spiro atoms. The number of Topliss-reactive ketones (excluding diaryl/α,β-unsaturated/α-hetero) is 1. The molecule has 0 radical (unpaired) electrons. The quantitative estimate of drug-likeness (QED) is 0.628. The van der Waals surface area contributed by atoms with E-state index in [1.54, 1.807) is 24.3 Å². The van der Waals surface area contributed by atoms with Crippen molar-refractivity contribution >= 4 is 29.0 Å². The SMILES string of the molecule is C=CCNCC(=O)Cc1cc(Cl)ccc1Cl. The van der Waals surface area contributed by atoms with Crippen molar-refractivity contribution < 1.29 is 4.79 Å². The number of hydrogen-bond donors (Lipinski definition) is 1. The normalized spacial score (nSPS) is 10.1. The molecule has 0 saturated heterocycles. The highest BCUT2D eigenvalue weighted by Crippen LogP contribution is 2.21. The van der Waals surface area contributed by atoms with Gasteiger partial charge in [0.15, 0.2) is 5.78 Å². The summed E-state index contributed by atoms with van der Waals surface area (Å²) in [6.45, 7) is 4.49. The van der Waals surface area contributed by atoms with Gasteiger partial charge in [-0.15, -0.1) is 6.58 Å². The molecule has 2 nitrogen and oxygen atoms in total. The molecular formula is C12H13Cl2NO. The molecule has 0 amide bonds. The summed E-state index contributed by atoms with van der Waals surface area (Å²) in [4.78, 5) is 11.6. The third-order valence-corrected chi connectivity index (χ3v) is 2.61. The maximum Gasteiger partial charge on any atom is 0.151 e. The summed E-state index contributed by atoms with van der Waals surface area (Å²) in [5, 5.41) is 4.11. The van der Waals surface area contributed by atoms with Gasteiger partial charge >= 0.3 is 0 Å². The second-order valence-corrected chi connectivity index (χ2v) is 4.21. The standard InChI is InChI=1S/C12H13Cl2NO/c1-2-5-15-8-11(16)7-9-6-10(13)3-4-12(9)14/h2-4,6,15H,1,5,7-8H2. The smallest absolute Gasteiger partial charge is 0.151 e. The summed E-state index contributed by atoms with van der Waals surface area (Å²) in [5.74, 6) is 0.0750. The van der Waals surface area contributed by atoms with Gasteiger partial charge in [0.25, 0.3) is 0 Å². The monoisotopic (exact) mass is 257 g/mol. The molecule has 16 heavy (non-hydrogen) atoms. The number of nitrogens with one attached hydrogen (secondary N) is 1. The minimum absolute atomic E-state index is 0.0750. The van der Waals surface area contributed by atoms with Gasteiger partial charge in [-0.3, -0.25) is 4.79 Å². The van der Waals surface area contributed by atoms with E-state index in [4.69, 9.17) is 23.2 Å². The van der Waals surface area contributed by atoms with Gasteiger partial charge in [-0.25, -0.2) is 0 Å². The molecule has 0 bridgehead atoms. The fourth-order valence-corrected chi connectivity index (χ4v) is 1.65. The zero-order chi connectivity index (χ0) is 12.0. The molecular weight excluding hydrogens is 245 g/mol. The van der Waals surface area contributed by atoms with Crippen LogP contribution in [0.4, 0.5) is 0 Å². The summed E-state index contributed by atoms with van der Waals surface area (Å²) >= 11 is 11.8. The van der Waals surface area contributed by atoms with E-state index in [0.29, 0.717) is 29.6 Å². The van der Waals surface area contributed by atoms with Crippen molar-refractivity contribution in [3.8, 4) is 0 Å². The first-order chi connectivity index (χ1) is 7.63. The Kier molecular flexibility index (Phi) is 5.53. The number of halogens is 2. The molecule has 0 aliphatic carbocycles. The van der Waals surface area contributed by atoms with Crippen LogP contribution in [-0.2, 0) is 11.2 Å². The predicted octanol–water partition coefficient (Wildman–Crippen LogP) is 2.88. The van der Waals surface area contributed by atoms with Crippen molar-refractivity contribution in [2.75, 3.05) is 13.1 Å². The zero-order valence-electron chi connectivity index (χ0n) is 8.80. The van der Waals surface area contributed by atoms with Crippen LogP contribution < -0.4 is 5.32 Å². The number of carbonyl (C=O) groups excluding carboxylic acids is 1. The molecule has 0 aromatic heterocycles. The van der Waals surface area contributed by atoms with Gasteiger partial charge in [-0.05, 0) is 23.8 Å². The van der Waals surface area contributed by atoms with Gasteiger partial charge in [0.1, 0.15) is 0 Å². The molecule has 1 aromatic carbocycles. The third kappa shape index (κ3) is 4.35. The molecule has 86 valence electrons. The van der Waals surface area contributed by atoms with Crippen molar-refractivity contribution in [3.05, 3.63) is 46.5 Å². The second-order valence-electron chi connectivity index (χ2n) is 3.37. The van der Waals surface area contributed by atoms with Gasteiger partial charge in [-0.1, -0.05) is 29.3 Å². The van der Waals surface area contributed by atoms with E-state index in [1.165, 1.54) is 0 Å². The molecule has 1 aromatic rings. The highest BCUT2D eigenvalue weighted by atomic mass is 35.5. The van der Waals surface area contributed by atoms with Gasteiger partial charge < -0.3 is 5.32 Å². The fourth-order valence-electron chi connectivity index (χ4n) is 1.27. The number of hydrogen-bond acceptors (Lipinski definition) is 2. The van der Waals surface area contributed by atoms with Crippen LogP contribution in [0.3, 0.4) is 0 Å². The summed E-state index contributed by atoms with van der Waals surface area (Å²) < 4.78 is 0. The Morgan fingerprint density at radius 2 is 2.19 bits per heavy atom. The number of carbonyl (C=O) groups is 1. The number of ketones is 1. The van der Waals surface area contributed by atoms with E-state index in [0.717, 1.165) is 5.56 Å². The lowest BCUT2D eigenvalue weighted by Gasteiger charge is -2.04. The van der Waals surface area contributed by atoms with E-state index < -0.39 is 0 Å². The van der Waals surface area contributed by atoms with Crippen LogP contribution in [0.2, 0.25) is 10.0 Å². The summed E-state index contributed by atoms with van der Waals surface area (Å²) in [5.41, 5.74) is 0.763. The highest BCUT2D eigenvalue weighted by molar-refractivity contribution is 6.33. The molecule has 0 unspecified atom stereocenters. The first-order valence-corrected chi connectivity index (χ1v) is 5.66. The van der Waals surface area contributed by atoms with Crippen molar-refractivity contribution in [2.24, 2.45) is 0 Å². The lowest BCUT2D eigenvalue weighted by Crippen LogP contribution is -2.24. The van der Waals surface area contributed by atoms with E-state index in [1.807, 2.05) is 0 Å². The molecule has 0 aliphatic rings. The van der Waals surface area contributed by atoms with E-state index in [9.17, 15) is 4.79 Å². The summed E-state index contributed by atoms with van der Waals surface area (Å²) in [6.07, 6.45) is 2.00. The maximum absolute atomic E-state index is 11.6. The molecule has 0 heterocycles. The fraction of sp³-hybridized carbons (Fsp3) is 0.250. The van der Waals surface area contributed by atoms with Crippen molar-refractivity contribution in [3.63, 3.8) is 0 Å². The van der Waals surface area contributed by atoms with Crippen LogP contribution in [0.25, 0.3) is 0 Å². The van der Waals surface area contributed by atoms with Crippen LogP contribution in [0.5, 0.6) is 0 Å². The summed E-state index contributed by atoms with van der Waals surface area (Å²) in [6, 6.07) is 5.12. The number of rotatable bonds is 6. The first-order valence-electron chi connectivity index (χ1n) is 4.90. The van der Waals surface area contributed by atoms with E-state index in [2.05, 4.69) is 11.9 Å². The Balaban J connectivity index is 2.55. The first kappa shape index (κ1) is 13.2. The Morgan fingerprint density at radius 3 is 2.88 bits per heavy atom. The molecule has 0 fully saturated rings. The summed E-state index contributed by atoms with van der Waals surface area (Å²) in [7, 11) is 0. The van der Waals surface area contributed by atoms with Crippen LogP contribution in [0.1, 0.15) is 5.56 Å². The van der Waals surface area contributed by atoms with Crippen molar-refractivity contribution in [1.82, 2.24) is 5.32 Å².